The highest BCUT2D eigenvalue weighted by Crippen LogP contribution is 2.13. The van der Waals surface area contributed by atoms with Gasteiger partial charge in [-0.15, -0.1) is 0 Å². The number of carbonyl (C=O) groups excluding carboxylic acids is 1. The third kappa shape index (κ3) is 3.00. The third-order valence-corrected chi connectivity index (χ3v) is 3.21. The molecule has 1 heterocycles. The van der Waals surface area contributed by atoms with E-state index in [9.17, 15) is 4.79 Å². The Morgan fingerprint density at radius 3 is 2.38 bits per heavy atom. The third-order valence-electron chi connectivity index (χ3n) is 3.21. The first kappa shape index (κ1) is 13.1. The Kier molecular flexibility index (Phi) is 3.51. The molecule has 0 atom stereocenters. The van der Waals surface area contributed by atoms with Gasteiger partial charge in [0, 0.05) is 23.6 Å². The van der Waals surface area contributed by atoms with Gasteiger partial charge in [0.2, 0.25) is 0 Å². The number of carbonyl (C=O) groups is 1. The Labute approximate surface area is 123 Å². The second-order valence-electron chi connectivity index (χ2n) is 4.82. The lowest BCUT2D eigenvalue weighted by molar-refractivity contribution is 0.102. The fourth-order valence-electron chi connectivity index (χ4n) is 2.03. The van der Waals surface area contributed by atoms with Gasteiger partial charge >= 0.3 is 0 Å². The maximum absolute atomic E-state index is 12.2. The molecule has 0 fully saturated rings. The first-order valence-electron chi connectivity index (χ1n) is 6.70. The van der Waals surface area contributed by atoms with Gasteiger partial charge in [-0.1, -0.05) is 17.7 Å². The number of amides is 1. The van der Waals surface area contributed by atoms with E-state index in [1.807, 2.05) is 55.6 Å². The normalized spacial score (nSPS) is 10.3. The summed E-state index contributed by atoms with van der Waals surface area (Å²) in [5.74, 6) is -0.120. The molecule has 0 unspecified atom stereocenters. The van der Waals surface area contributed by atoms with E-state index in [2.05, 4.69) is 10.4 Å². The smallest absolute Gasteiger partial charge is 0.255 e. The van der Waals surface area contributed by atoms with Gasteiger partial charge in [-0.05, 0) is 49.4 Å². The first-order chi connectivity index (χ1) is 10.2. The van der Waals surface area contributed by atoms with Crippen LogP contribution in [0.5, 0.6) is 0 Å². The largest absolute Gasteiger partial charge is 0.322 e. The average Bonchev–Trinajstić information content (AvgIpc) is 3.04. The highest BCUT2D eigenvalue weighted by atomic mass is 16.1. The molecule has 0 aliphatic heterocycles. The fourth-order valence-corrected chi connectivity index (χ4v) is 2.03. The second-order valence-corrected chi connectivity index (χ2v) is 4.82. The molecule has 2 aromatic carbocycles. The zero-order valence-corrected chi connectivity index (χ0v) is 11.7. The maximum Gasteiger partial charge on any atom is 0.255 e. The van der Waals surface area contributed by atoms with Crippen LogP contribution in [0.1, 0.15) is 15.9 Å². The van der Waals surface area contributed by atoms with Crippen molar-refractivity contribution >= 4 is 11.6 Å². The molecule has 0 radical (unpaired) electrons. The lowest BCUT2D eigenvalue weighted by Gasteiger charge is -2.07. The lowest BCUT2D eigenvalue weighted by atomic mass is 10.2. The molecule has 0 spiro atoms. The standard InChI is InChI=1S/C17H15N3O/c1-13-3-7-15(8-4-13)19-17(21)14-5-9-16(10-6-14)20-12-2-11-18-20/h2-12H,1H3,(H,19,21). The molecule has 4 nitrogen and oxygen atoms in total. The van der Waals surface area contributed by atoms with E-state index in [1.54, 1.807) is 23.0 Å². The van der Waals surface area contributed by atoms with Crippen LogP contribution in [0.2, 0.25) is 0 Å². The summed E-state index contributed by atoms with van der Waals surface area (Å²) in [6, 6.07) is 16.9. The number of aromatic nitrogens is 2. The van der Waals surface area contributed by atoms with Gasteiger partial charge in [-0.25, -0.2) is 4.68 Å². The molecule has 4 heteroatoms. The van der Waals surface area contributed by atoms with Gasteiger partial charge in [0.25, 0.3) is 5.91 Å². The molecule has 104 valence electrons. The van der Waals surface area contributed by atoms with E-state index in [-0.39, 0.29) is 5.91 Å². The molecule has 0 aliphatic carbocycles. The molecular formula is C17H15N3O. The number of hydrogen-bond donors (Lipinski definition) is 1. The van der Waals surface area contributed by atoms with Crippen molar-refractivity contribution in [3.05, 3.63) is 78.1 Å². The molecular weight excluding hydrogens is 262 g/mol. The molecule has 21 heavy (non-hydrogen) atoms. The summed E-state index contributed by atoms with van der Waals surface area (Å²) in [5.41, 5.74) is 3.50. The summed E-state index contributed by atoms with van der Waals surface area (Å²) in [6.07, 6.45) is 3.58. The van der Waals surface area contributed by atoms with Crippen molar-refractivity contribution in [2.45, 2.75) is 6.92 Å². The molecule has 1 aromatic heterocycles. The van der Waals surface area contributed by atoms with Crippen LogP contribution in [0.3, 0.4) is 0 Å². The molecule has 3 rings (SSSR count). The van der Waals surface area contributed by atoms with Crippen LogP contribution in [0.25, 0.3) is 5.69 Å². The van der Waals surface area contributed by atoms with E-state index in [1.165, 1.54) is 0 Å². The van der Waals surface area contributed by atoms with Crippen molar-refractivity contribution in [2.75, 3.05) is 5.32 Å². The Balaban J connectivity index is 1.74. The summed E-state index contributed by atoms with van der Waals surface area (Å²) in [6.45, 7) is 2.01. The molecule has 3 aromatic rings. The van der Waals surface area contributed by atoms with Gasteiger partial charge < -0.3 is 5.32 Å². The van der Waals surface area contributed by atoms with Crippen LogP contribution in [-0.2, 0) is 0 Å². The van der Waals surface area contributed by atoms with Crippen molar-refractivity contribution in [3.8, 4) is 5.69 Å². The molecule has 1 amide bonds. The van der Waals surface area contributed by atoms with Gasteiger partial charge in [-0.2, -0.15) is 5.10 Å². The molecule has 0 saturated heterocycles. The predicted octanol–water partition coefficient (Wildman–Crippen LogP) is 3.43. The first-order valence-corrected chi connectivity index (χ1v) is 6.70. The van der Waals surface area contributed by atoms with E-state index in [4.69, 9.17) is 0 Å². The molecule has 0 saturated carbocycles. The Bertz CT molecular complexity index is 729. The Morgan fingerprint density at radius 2 is 1.76 bits per heavy atom. The van der Waals surface area contributed by atoms with E-state index < -0.39 is 0 Å². The van der Waals surface area contributed by atoms with Gasteiger partial charge in [0.1, 0.15) is 0 Å². The number of hydrogen-bond acceptors (Lipinski definition) is 2. The number of aryl methyl sites for hydroxylation is 1. The molecule has 0 bridgehead atoms. The van der Waals surface area contributed by atoms with Crippen LogP contribution in [0, 0.1) is 6.92 Å². The Hall–Kier alpha value is -2.88. The Morgan fingerprint density at radius 1 is 1.05 bits per heavy atom. The van der Waals surface area contributed by atoms with Crippen molar-refractivity contribution in [3.63, 3.8) is 0 Å². The fraction of sp³-hybridized carbons (Fsp3) is 0.0588. The minimum absolute atomic E-state index is 0.120. The van der Waals surface area contributed by atoms with Crippen LogP contribution in [0.15, 0.2) is 67.0 Å². The van der Waals surface area contributed by atoms with Crippen molar-refractivity contribution in [1.82, 2.24) is 9.78 Å². The van der Waals surface area contributed by atoms with Crippen molar-refractivity contribution < 1.29 is 4.79 Å². The molecule has 0 aliphatic rings. The number of nitrogens with one attached hydrogen (secondary N) is 1. The van der Waals surface area contributed by atoms with Crippen molar-refractivity contribution in [2.24, 2.45) is 0 Å². The minimum atomic E-state index is -0.120. The quantitative estimate of drug-likeness (QED) is 0.797. The maximum atomic E-state index is 12.2. The summed E-state index contributed by atoms with van der Waals surface area (Å²) >= 11 is 0. The zero-order valence-electron chi connectivity index (χ0n) is 11.7. The highest BCUT2D eigenvalue weighted by molar-refractivity contribution is 6.04. The predicted molar refractivity (Wildman–Crippen MR) is 82.7 cm³/mol. The van der Waals surface area contributed by atoms with E-state index in [0.717, 1.165) is 16.9 Å². The van der Waals surface area contributed by atoms with Crippen LogP contribution >= 0.6 is 0 Å². The number of benzene rings is 2. The number of nitrogens with zero attached hydrogens (tertiary/aromatic N) is 2. The van der Waals surface area contributed by atoms with Crippen LogP contribution in [0.4, 0.5) is 5.69 Å². The summed E-state index contributed by atoms with van der Waals surface area (Å²) < 4.78 is 1.75. The number of anilines is 1. The number of rotatable bonds is 3. The highest BCUT2D eigenvalue weighted by Gasteiger charge is 2.06. The minimum Gasteiger partial charge on any atom is -0.322 e. The lowest BCUT2D eigenvalue weighted by Crippen LogP contribution is -2.11. The summed E-state index contributed by atoms with van der Waals surface area (Å²) in [5, 5.41) is 7.03. The topological polar surface area (TPSA) is 46.9 Å². The van der Waals surface area contributed by atoms with Crippen LogP contribution in [-0.4, -0.2) is 15.7 Å². The van der Waals surface area contributed by atoms with Crippen LogP contribution < -0.4 is 5.32 Å². The average molecular weight is 277 g/mol. The zero-order chi connectivity index (χ0) is 14.7. The van der Waals surface area contributed by atoms with Crippen molar-refractivity contribution in [1.29, 1.82) is 0 Å². The second kappa shape index (κ2) is 5.63. The molecule has 1 N–H and O–H groups in total. The van der Waals surface area contributed by atoms with E-state index in [0.29, 0.717) is 5.56 Å². The van der Waals surface area contributed by atoms with Gasteiger partial charge in [0.15, 0.2) is 0 Å². The SMILES string of the molecule is Cc1ccc(NC(=O)c2ccc(-n3cccn3)cc2)cc1. The van der Waals surface area contributed by atoms with Gasteiger partial charge in [-0.3, -0.25) is 4.79 Å². The summed E-state index contributed by atoms with van der Waals surface area (Å²) in [4.78, 5) is 12.2. The summed E-state index contributed by atoms with van der Waals surface area (Å²) in [7, 11) is 0. The van der Waals surface area contributed by atoms with E-state index >= 15 is 0 Å². The monoisotopic (exact) mass is 277 g/mol. The van der Waals surface area contributed by atoms with Gasteiger partial charge in [0.05, 0.1) is 5.69 Å².